The fourth-order valence-electron chi connectivity index (χ4n) is 1.47. The lowest BCUT2D eigenvalue weighted by Gasteiger charge is -2.05. The highest BCUT2D eigenvalue weighted by molar-refractivity contribution is 7.98. The number of thioether (sulfide) groups is 1. The topological polar surface area (TPSA) is 49.8 Å². The average molecular weight is 275 g/mol. The van der Waals surface area contributed by atoms with Gasteiger partial charge in [0.25, 0.3) is 0 Å². The Morgan fingerprint density at radius 1 is 1.17 bits per heavy atom. The Labute approximate surface area is 115 Å². The van der Waals surface area contributed by atoms with Crippen molar-refractivity contribution in [2.45, 2.75) is 10.6 Å². The number of nitriles is 1. The molecule has 0 amide bonds. The third kappa shape index (κ3) is 3.19. The van der Waals surface area contributed by atoms with Gasteiger partial charge in [-0.2, -0.15) is 5.26 Å². The number of nitrogen functional groups attached to an aromatic ring is 1. The van der Waals surface area contributed by atoms with Crippen LogP contribution in [0.5, 0.6) is 0 Å². The number of hydrogen-bond donors (Lipinski definition) is 1. The largest absolute Gasteiger partial charge is 0.399 e. The van der Waals surface area contributed by atoms with Gasteiger partial charge in [-0.05, 0) is 35.9 Å². The van der Waals surface area contributed by atoms with Crippen LogP contribution in [0, 0.1) is 11.3 Å². The van der Waals surface area contributed by atoms with E-state index in [4.69, 9.17) is 22.6 Å². The zero-order valence-electron chi connectivity index (χ0n) is 9.56. The Kier molecular flexibility index (Phi) is 4.14. The van der Waals surface area contributed by atoms with Crippen molar-refractivity contribution in [3.8, 4) is 6.07 Å². The second kappa shape index (κ2) is 5.81. The van der Waals surface area contributed by atoms with Crippen molar-refractivity contribution in [1.29, 1.82) is 5.26 Å². The van der Waals surface area contributed by atoms with Crippen molar-refractivity contribution in [1.82, 2.24) is 0 Å². The summed E-state index contributed by atoms with van der Waals surface area (Å²) in [4.78, 5) is 0.973. The molecule has 0 atom stereocenters. The quantitative estimate of drug-likeness (QED) is 0.677. The first-order valence-corrected chi connectivity index (χ1v) is 6.72. The van der Waals surface area contributed by atoms with Crippen LogP contribution in [0.1, 0.15) is 11.1 Å². The summed E-state index contributed by atoms with van der Waals surface area (Å²) in [6.45, 7) is 0. The van der Waals surface area contributed by atoms with Crippen LogP contribution in [0.15, 0.2) is 47.4 Å². The van der Waals surface area contributed by atoms with Crippen LogP contribution in [-0.2, 0) is 5.75 Å². The van der Waals surface area contributed by atoms with Crippen molar-refractivity contribution in [3.63, 3.8) is 0 Å². The molecule has 0 radical (unpaired) electrons. The van der Waals surface area contributed by atoms with E-state index in [1.807, 2.05) is 30.3 Å². The van der Waals surface area contributed by atoms with Crippen LogP contribution in [0.4, 0.5) is 5.69 Å². The summed E-state index contributed by atoms with van der Waals surface area (Å²) in [6.07, 6.45) is 0. The molecule has 0 aliphatic carbocycles. The average Bonchev–Trinajstić information content (AvgIpc) is 2.40. The van der Waals surface area contributed by atoms with Gasteiger partial charge in [0.2, 0.25) is 0 Å². The van der Waals surface area contributed by atoms with Gasteiger partial charge in [0, 0.05) is 16.3 Å². The van der Waals surface area contributed by atoms with Gasteiger partial charge in [0.05, 0.1) is 16.7 Å². The molecule has 0 aromatic heterocycles. The molecule has 2 aromatic carbocycles. The van der Waals surface area contributed by atoms with Gasteiger partial charge in [0.1, 0.15) is 0 Å². The number of rotatable bonds is 3. The first kappa shape index (κ1) is 12.8. The molecule has 0 saturated heterocycles. The summed E-state index contributed by atoms with van der Waals surface area (Å²) in [7, 11) is 0. The molecule has 2 rings (SSSR count). The van der Waals surface area contributed by atoms with Crippen LogP contribution < -0.4 is 5.73 Å². The maximum atomic E-state index is 8.72. The summed E-state index contributed by atoms with van der Waals surface area (Å²) < 4.78 is 0. The molecular formula is C14H11ClN2S. The van der Waals surface area contributed by atoms with E-state index < -0.39 is 0 Å². The molecule has 2 nitrogen and oxygen atoms in total. The standard InChI is InChI=1S/C14H11ClN2S/c15-13-6-5-12(17)7-14(13)18-9-11-3-1-10(8-16)2-4-11/h1-7H,9,17H2. The number of anilines is 1. The molecule has 0 saturated carbocycles. The van der Waals surface area contributed by atoms with Crippen LogP contribution in [0.3, 0.4) is 0 Å². The molecule has 0 spiro atoms. The first-order chi connectivity index (χ1) is 8.69. The molecule has 0 fully saturated rings. The minimum absolute atomic E-state index is 0.672. The summed E-state index contributed by atoms with van der Waals surface area (Å²) in [5.41, 5.74) is 8.26. The van der Waals surface area contributed by atoms with Gasteiger partial charge < -0.3 is 5.73 Å². The molecule has 0 bridgehead atoms. The van der Waals surface area contributed by atoms with E-state index in [0.717, 1.165) is 16.2 Å². The van der Waals surface area contributed by atoms with Crippen molar-refractivity contribution >= 4 is 29.1 Å². The van der Waals surface area contributed by atoms with Gasteiger partial charge in [-0.3, -0.25) is 0 Å². The lowest BCUT2D eigenvalue weighted by Crippen LogP contribution is -1.86. The predicted molar refractivity (Wildman–Crippen MR) is 76.6 cm³/mol. The smallest absolute Gasteiger partial charge is 0.0991 e. The molecule has 0 unspecified atom stereocenters. The minimum atomic E-state index is 0.672. The summed E-state index contributed by atoms with van der Waals surface area (Å²) >= 11 is 7.72. The van der Waals surface area contributed by atoms with E-state index >= 15 is 0 Å². The number of nitrogens with two attached hydrogens (primary N) is 1. The highest BCUT2D eigenvalue weighted by Gasteiger charge is 2.02. The third-order valence-electron chi connectivity index (χ3n) is 2.43. The maximum absolute atomic E-state index is 8.72. The fourth-order valence-corrected chi connectivity index (χ4v) is 2.69. The van der Waals surface area contributed by atoms with E-state index in [-0.39, 0.29) is 0 Å². The predicted octanol–water partition coefficient (Wildman–Crippen LogP) is 4.09. The van der Waals surface area contributed by atoms with Crippen LogP contribution >= 0.6 is 23.4 Å². The van der Waals surface area contributed by atoms with E-state index in [0.29, 0.717) is 16.3 Å². The van der Waals surface area contributed by atoms with Gasteiger partial charge in [-0.25, -0.2) is 0 Å². The molecule has 2 N–H and O–H groups in total. The monoisotopic (exact) mass is 274 g/mol. The second-order valence-electron chi connectivity index (χ2n) is 3.79. The van der Waals surface area contributed by atoms with E-state index in [1.54, 1.807) is 23.9 Å². The van der Waals surface area contributed by atoms with Crippen molar-refractivity contribution in [2.75, 3.05) is 5.73 Å². The first-order valence-electron chi connectivity index (χ1n) is 5.36. The number of benzene rings is 2. The Morgan fingerprint density at radius 2 is 1.89 bits per heavy atom. The highest BCUT2D eigenvalue weighted by atomic mass is 35.5. The molecule has 18 heavy (non-hydrogen) atoms. The number of nitrogens with zero attached hydrogens (tertiary/aromatic N) is 1. The zero-order chi connectivity index (χ0) is 13.0. The molecule has 90 valence electrons. The van der Waals surface area contributed by atoms with Crippen LogP contribution in [-0.4, -0.2) is 0 Å². The number of halogens is 1. The zero-order valence-corrected chi connectivity index (χ0v) is 11.1. The lowest BCUT2D eigenvalue weighted by atomic mass is 10.2. The summed E-state index contributed by atoms with van der Waals surface area (Å²) in [5.74, 6) is 0.800. The van der Waals surface area contributed by atoms with Crippen LogP contribution in [0.2, 0.25) is 5.02 Å². The molecule has 0 aliphatic rings. The van der Waals surface area contributed by atoms with E-state index in [9.17, 15) is 0 Å². The van der Waals surface area contributed by atoms with Crippen LogP contribution in [0.25, 0.3) is 0 Å². The highest BCUT2D eigenvalue weighted by Crippen LogP contribution is 2.31. The normalized spacial score (nSPS) is 10.0. The summed E-state index contributed by atoms with van der Waals surface area (Å²) in [5, 5.41) is 9.43. The Morgan fingerprint density at radius 3 is 2.56 bits per heavy atom. The SMILES string of the molecule is N#Cc1ccc(CSc2cc(N)ccc2Cl)cc1. The molecule has 0 heterocycles. The fraction of sp³-hybridized carbons (Fsp3) is 0.0714. The molecule has 2 aromatic rings. The lowest BCUT2D eigenvalue weighted by molar-refractivity contribution is 1.37. The van der Waals surface area contributed by atoms with Gasteiger partial charge in [-0.15, -0.1) is 11.8 Å². The molecular weight excluding hydrogens is 264 g/mol. The maximum Gasteiger partial charge on any atom is 0.0991 e. The van der Waals surface area contributed by atoms with Crippen molar-refractivity contribution < 1.29 is 0 Å². The Bertz CT molecular complexity index is 588. The van der Waals surface area contributed by atoms with Crippen molar-refractivity contribution in [3.05, 3.63) is 58.6 Å². The molecule has 4 heteroatoms. The minimum Gasteiger partial charge on any atom is -0.399 e. The second-order valence-corrected chi connectivity index (χ2v) is 5.21. The third-order valence-corrected chi connectivity index (χ3v) is 4.00. The van der Waals surface area contributed by atoms with Gasteiger partial charge >= 0.3 is 0 Å². The Balaban J connectivity index is 2.07. The Hall–Kier alpha value is -1.63. The van der Waals surface area contributed by atoms with E-state index in [2.05, 4.69) is 6.07 Å². The summed E-state index contributed by atoms with van der Waals surface area (Å²) in [6, 6.07) is 15.1. The van der Waals surface area contributed by atoms with Gasteiger partial charge in [0.15, 0.2) is 0 Å². The van der Waals surface area contributed by atoms with E-state index in [1.165, 1.54) is 0 Å². The van der Waals surface area contributed by atoms with Gasteiger partial charge in [-0.1, -0.05) is 23.7 Å². The van der Waals surface area contributed by atoms with Crippen molar-refractivity contribution in [2.24, 2.45) is 0 Å². The number of hydrogen-bond acceptors (Lipinski definition) is 3. The molecule has 0 aliphatic heterocycles.